The number of hydrogen-bond donors (Lipinski definition) is 3. The third kappa shape index (κ3) is 5.82. The minimum absolute atomic E-state index is 0.00552. The second-order valence-electron chi connectivity index (χ2n) is 6.73. The third-order valence-corrected chi connectivity index (χ3v) is 4.52. The highest BCUT2D eigenvalue weighted by atomic mass is 19.4. The lowest BCUT2D eigenvalue weighted by molar-refractivity contribution is -0.137. The van der Waals surface area contributed by atoms with E-state index in [1.165, 1.54) is 6.07 Å². The smallest absolute Gasteiger partial charge is 0.368 e. The summed E-state index contributed by atoms with van der Waals surface area (Å²) >= 11 is 0. The fraction of sp³-hybridized carbons (Fsp3) is 0.286. The largest absolute Gasteiger partial charge is 0.416 e. The molecule has 0 bridgehead atoms. The van der Waals surface area contributed by atoms with Gasteiger partial charge in [-0.2, -0.15) is 28.1 Å². The zero-order chi connectivity index (χ0) is 21.6. The van der Waals surface area contributed by atoms with Crippen molar-refractivity contribution in [2.24, 2.45) is 0 Å². The fourth-order valence-corrected chi connectivity index (χ4v) is 3.02. The molecule has 0 aliphatic heterocycles. The van der Waals surface area contributed by atoms with E-state index in [-0.39, 0.29) is 17.9 Å². The van der Waals surface area contributed by atoms with Crippen LogP contribution in [0.3, 0.4) is 0 Å². The van der Waals surface area contributed by atoms with E-state index in [0.29, 0.717) is 24.5 Å². The molecule has 0 fully saturated rings. The molecular weight excluding hydrogens is 393 g/mol. The zero-order valence-electron chi connectivity index (χ0n) is 16.4. The number of rotatable bonds is 8. The summed E-state index contributed by atoms with van der Waals surface area (Å²) in [4.78, 5) is 12.5. The summed E-state index contributed by atoms with van der Waals surface area (Å²) in [6, 6.07) is 15.1. The Morgan fingerprint density at radius 3 is 2.40 bits per heavy atom. The highest BCUT2D eigenvalue weighted by Crippen LogP contribution is 2.29. The maximum atomic E-state index is 12.8. The van der Waals surface area contributed by atoms with E-state index < -0.39 is 11.7 Å². The average Bonchev–Trinajstić information content (AvgIpc) is 2.72. The number of nitrogens with one attached hydrogen (secondary N) is 2. The molecule has 0 aliphatic carbocycles. The van der Waals surface area contributed by atoms with Crippen LogP contribution in [0.25, 0.3) is 0 Å². The van der Waals surface area contributed by atoms with Crippen molar-refractivity contribution in [3.63, 3.8) is 0 Å². The fourth-order valence-electron chi connectivity index (χ4n) is 3.02. The van der Waals surface area contributed by atoms with Crippen molar-refractivity contribution in [2.75, 3.05) is 22.9 Å². The molecule has 4 N–H and O–H groups in total. The lowest BCUT2D eigenvalue weighted by Gasteiger charge is -2.18. The van der Waals surface area contributed by atoms with Crippen LogP contribution >= 0.6 is 0 Å². The Balaban J connectivity index is 1.64. The van der Waals surface area contributed by atoms with Gasteiger partial charge < -0.3 is 16.4 Å². The number of nitrogens with zero attached hydrogens (tertiary/aromatic N) is 3. The lowest BCUT2D eigenvalue weighted by Crippen LogP contribution is -2.16. The monoisotopic (exact) mass is 416 g/mol. The molecule has 1 aromatic heterocycles. The second-order valence-corrected chi connectivity index (χ2v) is 6.73. The molecule has 0 unspecified atom stereocenters. The van der Waals surface area contributed by atoms with Crippen LogP contribution in [0, 0.1) is 0 Å². The molecule has 0 amide bonds. The first-order valence-corrected chi connectivity index (χ1v) is 9.58. The van der Waals surface area contributed by atoms with Gasteiger partial charge in [0.2, 0.25) is 17.8 Å². The van der Waals surface area contributed by atoms with E-state index in [2.05, 4.69) is 25.6 Å². The van der Waals surface area contributed by atoms with Crippen molar-refractivity contribution in [1.82, 2.24) is 15.0 Å². The molecule has 0 spiro atoms. The Hall–Kier alpha value is -3.36. The van der Waals surface area contributed by atoms with Crippen LogP contribution in [-0.2, 0) is 12.6 Å². The number of hydrogen-bond acceptors (Lipinski definition) is 6. The standard InChI is InChI=1S/C21H23F3N6/c1-2-17(15-8-4-3-5-9-15)27-20-29-18(25)28-19(30-20)26-12-11-14-7-6-10-16(13-14)21(22,23)24/h3-10,13,17H,2,11-12H2,1H3,(H4,25,26,27,28,29,30)/t17-/m0/s1. The molecule has 1 atom stereocenters. The van der Waals surface area contributed by atoms with Gasteiger partial charge in [0.15, 0.2) is 0 Å². The predicted octanol–water partition coefficient (Wildman–Crippen LogP) is 4.69. The Morgan fingerprint density at radius 1 is 0.967 bits per heavy atom. The highest BCUT2D eigenvalue weighted by Gasteiger charge is 2.30. The van der Waals surface area contributed by atoms with Crippen molar-refractivity contribution in [2.45, 2.75) is 32.0 Å². The Kier molecular flexibility index (Phi) is 6.71. The molecule has 3 rings (SSSR count). The first-order valence-electron chi connectivity index (χ1n) is 9.58. The number of aromatic nitrogens is 3. The summed E-state index contributed by atoms with van der Waals surface area (Å²) in [5, 5.41) is 6.25. The van der Waals surface area contributed by atoms with Gasteiger partial charge in [-0.3, -0.25) is 0 Å². The van der Waals surface area contributed by atoms with Gasteiger partial charge in [0.1, 0.15) is 0 Å². The minimum Gasteiger partial charge on any atom is -0.368 e. The van der Waals surface area contributed by atoms with E-state index in [4.69, 9.17) is 5.73 Å². The molecule has 0 saturated carbocycles. The number of nitrogen functional groups attached to an aromatic ring is 1. The van der Waals surface area contributed by atoms with Gasteiger partial charge in [0.25, 0.3) is 0 Å². The summed E-state index contributed by atoms with van der Waals surface area (Å²) in [5.41, 5.74) is 6.79. The molecule has 1 heterocycles. The molecule has 0 aliphatic rings. The van der Waals surface area contributed by atoms with Crippen LogP contribution in [0.2, 0.25) is 0 Å². The first kappa shape index (κ1) is 21.4. The predicted molar refractivity (Wildman–Crippen MR) is 111 cm³/mol. The number of halogens is 3. The molecule has 30 heavy (non-hydrogen) atoms. The lowest BCUT2D eigenvalue weighted by atomic mass is 10.1. The summed E-state index contributed by atoms with van der Waals surface area (Å²) in [6.45, 7) is 2.39. The van der Waals surface area contributed by atoms with Crippen LogP contribution in [0.15, 0.2) is 54.6 Å². The minimum atomic E-state index is -4.36. The molecular formula is C21H23F3N6. The van der Waals surface area contributed by atoms with Crippen molar-refractivity contribution in [3.05, 3.63) is 71.3 Å². The second kappa shape index (κ2) is 9.43. The van der Waals surface area contributed by atoms with E-state index in [0.717, 1.165) is 24.1 Å². The molecule has 6 nitrogen and oxygen atoms in total. The van der Waals surface area contributed by atoms with E-state index >= 15 is 0 Å². The van der Waals surface area contributed by atoms with Gasteiger partial charge in [-0.05, 0) is 30.0 Å². The maximum absolute atomic E-state index is 12.8. The van der Waals surface area contributed by atoms with Gasteiger partial charge in [0.05, 0.1) is 11.6 Å². The Labute approximate surface area is 172 Å². The zero-order valence-corrected chi connectivity index (χ0v) is 16.4. The van der Waals surface area contributed by atoms with Gasteiger partial charge in [-0.15, -0.1) is 0 Å². The summed E-state index contributed by atoms with van der Waals surface area (Å²) in [6.07, 6.45) is -3.17. The van der Waals surface area contributed by atoms with E-state index in [9.17, 15) is 13.2 Å². The normalized spacial score (nSPS) is 12.4. The molecule has 2 aromatic carbocycles. The van der Waals surface area contributed by atoms with Crippen molar-refractivity contribution >= 4 is 17.8 Å². The maximum Gasteiger partial charge on any atom is 0.416 e. The SMILES string of the molecule is CC[C@H](Nc1nc(N)nc(NCCc2cccc(C(F)(F)F)c2)n1)c1ccccc1. The number of nitrogens with two attached hydrogens (primary N) is 1. The van der Waals surface area contributed by atoms with Crippen molar-refractivity contribution < 1.29 is 13.2 Å². The highest BCUT2D eigenvalue weighted by molar-refractivity contribution is 5.42. The molecule has 0 radical (unpaired) electrons. The number of benzene rings is 2. The molecule has 9 heteroatoms. The van der Waals surface area contributed by atoms with Crippen LogP contribution < -0.4 is 16.4 Å². The topological polar surface area (TPSA) is 88.8 Å². The van der Waals surface area contributed by atoms with Gasteiger partial charge >= 0.3 is 6.18 Å². The Bertz CT molecular complexity index is 962. The molecule has 0 saturated heterocycles. The summed E-state index contributed by atoms with van der Waals surface area (Å²) < 4.78 is 38.5. The van der Waals surface area contributed by atoms with Crippen molar-refractivity contribution in [3.8, 4) is 0 Å². The summed E-state index contributed by atoms with van der Waals surface area (Å²) in [7, 11) is 0. The molecule has 158 valence electrons. The van der Waals surface area contributed by atoms with E-state index in [1.54, 1.807) is 6.07 Å². The Morgan fingerprint density at radius 2 is 1.70 bits per heavy atom. The number of anilines is 3. The van der Waals surface area contributed by atoms with Crippen LogP contribution in [0.5, 0.6) is 0 Å². The van der Waals surface area contributed by atoms with Gasteiger partial charge in [-0.25, -0.2) is 0 Å². The van der Waals surface area contributed by atoms with Crippen LogP contribution in [0.1, 0.15) is 36.1 Å². The van der Waals surface area contributed by atoms with E-state index in [1.807, 2.05) is 37.3 Å². The van der Waals surface area contributed by atoms with Gasteiger partial charge in [-0.1, -0.05) is 55.5 Å². The van der Waals surface area contributed by atoms with Crippen LogP contribution in [0.4, 0.5) is 31.0 Å². The molecule has 3 aromatic rings. The van der Waals surface area contributed by atoms with Gasteiger partial charge in [0, 0.05) is 6.54 Å². The quantitative estimate of drug-likeness (QED) is 0.494. The average molecular weight is 416 g/mol. The third-order valence-electron chi connectivity index (χ3n) is 4.52. The van der Waals surface area contributed by atoms with Crippen molar-refractivity contribution in [1.29, 1.82) is 0 Å². The first-order chi connectivity index (χ1) is 14.3. The van der Waals surface area contributed by atoms with Crippen LogP contribution in [-0.4, -0.2) is 21.5 Å². The number of alkyl halides is 3. The summed E-state index contributed by atoms with van der Waals surface area (Å²) in [5.74, 6) is 0.650.